The summed E-state index contributed by atoms with van der Waals surface area (Å²) in [6.07, 6.45) is 9.35. The minimum Gasteiger partial charge on any atom is -0.332 e. The van der Waals surface area contributed by atoms with Crippen LogP contribution in [0.5, 0.6) is 0 Å². The lowest BCUT2D eigenvalue weighted by atomic mass is 10.0. The molecule has 15 heavy (non-hydrogen) atoms. The predicted octanol–water partition coefficient (Wildman–Crippen LogP) is 3.04. The highest BCUT2D eigenvalue weighted by molar-refractivity contribution is 5.19. The van der Waals surface area contributed by atoms with Gasteiger partial charge >= 0.3 is 0 Å². The second kappa shape index (κ2) is 4.65. The summed E-state index contributed by atoms with van der Waals surface area (Å²) in [5, 5.41) is 0. The van der Waals surface area contributed by atoms with Crippen molar-refractivity contribution in [1.29, 1.82) is 0 Å². The number of fused-ring (bicyclic) bond motifs is 1. The van der Waals surface area contributed by atoms with Gasteiger partial charge in [0.05, 0.1) is 5.69 Å². The van der Waals surface area contributed by atoms with Crippen molar-refractivity contribution in [2.24, 2.45) is 0 Å². The fourth-order valence-electron chi connectivity index (χ4n) is 2.43. The molecule has 1 aromatic heterocycles. The predicted molar refractivity (Wildman–Crippen MR) is 63.0 cm³/mol. The van der Waals surface area contributed by atoms with E-state index in [9.17, 15) is 0 Å². The summed E-state index contributed by atoms with van der Waals surface area (Å²) < 4.78 is 2.41. The van der Waals surface area contributed by atoms with Crippen molar-refractivity contribution >= 4 is 0 Å². The SMILES string of the molecule is C=CCCCn1c(C)nc2c1CCCC2. The second-order valence-corrected chi connectivity index (χ2v) is 4.34. The monoisotopic (exact) mass is 204 g/mol. The lowest BCUT2D eigenvalue weighted by Gasteiger charge is -2.14. The lowest BCUT2D eigenvalue weighted by molar-refractivity contribution is 0.576. The zero-order valence-corrected chi connectivity index (χ0v) is 9.63. The van der Waals surface area contributed by atoms with Crippen LogP contribution in [0.2, 0.25) is 0 Å². The first-order chi connectivity index (χ1) is 7.33. The van der Waals surface area contributed by atoms with E-state index in [1.807, 2.05) is 6.08 Å². The van der Waals surface area contributed by atoms with Crippen LogP contribution < -0.4 is 0 Å². The first kappa shape index (κ1) is 10.5. The van der Waals surface area contributed by atoms with Gasteiger partial charge in [-0.1, -0.05) is 6.08 Å². The number of rotatable bonds is 4. The van der Waals surface area contributed by atoms with Gasteiger partial charge in [-0.15, -0.1) is 6.58 Å². The van der Waals surface area contributed by atoms with E-state index in [0.29, 0.717) is 0 Å². The summed E-state index contributed by atoms with van der Waals surface area (Å²) in [4.78, 5) is 4.67. The number of unbranched alkanes of at least 4 members (excludes halogenated alkanes) is 1. The van der Waals surface area contributed by atoms with Gasteiger partial charge in [0.25, 0.3) is 0 Å². The minimum atomic E-state index is 1.10. The Labute approximate surface area is 92.0 Å². The number of nitrogens with zero attached hydrogens (tertiary/aromatic N) is 2. The van der Waals surface area contributed by atoms with Crippen molar-refractivity contribution in [3.8, 4) is 0 Å². The maximum Gasteiger partial charge on any atom is 0.106 e. The van der Waals surface area contributed by atoms with Crippen molar-refractivity contribution in [3.63, 3.8) is 0 Å². The molecule has 0 N–H and O–H groups in total. The van der Waals surface area contributed by atoms with Crippen molar-refractivity contribution in [2.45, 2.75) is 52.0 Å². The lowest BCUT2D eigenvalue weighted by Crippen LogP contribution is -2.09. The molecule has 1 aliphatic carbocycles. The Morgan fingerprint density at radius 2 is 2.20 bits per heavy atom. The van der Waals surface area contributed by atoms with Gasteiger partial charge in [0.15, 0.2) is 0 Å². The number of imidazole rings is 1. The number of hydrogen-bond acceptors (Lipinski definition) is 1. The summed E-state index contributed by atoms with van der Waals surface area (Å²) in [5.74, 6) is 1.20. The third-order valence-electron chi connectivity index (χ3n) is 3.21. The molecule has 0 saturated carbocycles. The number of aromatic nitrogens is 2. The third kappa shape index (κ3) is 2.14. The summed E-state index contributed by atoms with van der Waals surface area (Å²) in [7, 11) is 0. The van der Waals surface area contributed by atoms with E-state index in [0.717, 1.165) is 13.0 Å². The molecule has 82 valence electrons. The van der Waals surface area contributed by atoms with Gasteiger partial charge in [-0.2, -0.15) is 0 Å². The Morgan fingerprint density at radius 3 is 3.00 bits per heavy atom. The zero-order valence-electron chi connectivity index (χ0n) is 9.63. The van der Waals surface area contributed by atoms with E-state index in [4.69, 9.17) is 0 Å². The van der Waals surface area contributed by atoms with Crippen LogP contribution >= 0.6 is 0 Å². The molecule has 0 aromatic carbocycles. The Morgan fingerprint density at radius 1 is 1.40 bits per heavy atom. The summed E-state index contributed by atoms with van der Waals surface area (Å²) in [5.41, 5.74) is 2.86. The van der Waals surface area contributed by atoms with Gasteiger partial charge in [0.2, 0.25) is 0 Å². The van der Waals surface area contributed by atoms with E-state index < -0.39 is 0 Å². The minimum absolute atomic E-state index is 1.10. The molecule has 2 heteroatoms. The number of hydrogen-bond donors (Lipinski definition) is 0. The first-order valence-electron chi connectivity index (χ1n) is 5.98. The highest BCUT2D eigenvalue weighted by Crippen LogP contribution is 2.22. The molecule has 0 fully saturated rings. The molecule has 0 amide bonds. The normalized spacial score (nSPS) is 15.0. The number of allylic oxidation sites excluding steroid dienone is 1. The standard InChI is InChI=1S/C13H20N2/c1-3-4-7-10-15-11(2)14-12-8-5-6-9-13(12)15/h3H,1,4-10H2,2H3. The van der Waals surface area contributed by atoms with Crippen LogP contribution in [-0.2, 0) is 19.4 Å². The molecule has 2 nitrogen and oxygen atoms in total. The molecule has 0 bridgehead atoms. The molecule has 0 radical (unpaired) electrons. The van der Waals surface area contributed by atoms with E-state index >= 15 is 0 Å². The van der Waals surface area contributed by atoms with Crippen LogP contribution in [0.1, 0.15) is 42.9 Å². The van der Waals surface area contributed by atoms with Crippen LogP contribution in [0.15, 0.2) is 12.7 Å². The fourth-order valence-corrected chi connectivity index (χ4v) is 2.43. The third-order valence-corrected chi connectivity index (χ3v) is 3.21. The van der Waals surface area contributed by atoms with Crippen LogP contribution in [0.3, 0.4) is 0 Å². The molecule has 2 rings (SSSR count). The van der Waals surface area contributed by atoms with E-state index in [1.165, 1.54) is 49.3 Å². The quantitative estimate of drug-likeness (QED) is 0.544. The van der Waals surface area contributed by atoms with Gasteiger partial charge in [-0.25, -0.2) is 4.98 Å². The van der Waals surface area contributed by atoms with E-state index in [-0.39, 0.29) is 0 Å². The van der Waals surface area contributed by atoms with Crippen molar-refractivity contribution in [2.75, 3.05) is 0 Å². The van der Waals surface area contributed by atoms with Crippen molar-refractivity contribution < 1.29 is 0 Å². The maximum absolute atomic E-state index is 4.67. The summed E-state index contributed by atoms with van der Waals surface area (Å²) >= 11 is 0. The molecule has 1 heterocycles. The average Bonchev–Trinajstić information content (AvgIpc) is 2.56. The fraction of sp³-hybridized carbons (Fsp3) is 0.615. The molecule has 0 aliphatic heterocycles. The van der Waals surface area contributed by atoms with E-state index in [1.54, 1.807) is 0 Å². The molecule has 0 spiro atoms. The van der Waals surface area contributed by atoms with Gasteiger partial charge in [0.1, 0.15) is 5.82 Å². The van der Waals surface area contributed by atoms with Crippen LogP contribution in [0.25, 0.3) is 0 Å². The van der Waals surface area contributed by atoms with Crippen molar-refractivity contribution in [3.05, 3.63) is 29.9 Å². The summed E-state index contributed by atoms with van der Waals surface area (Å²) in [6.45, 7) is 7.01. The molecular weight excluding hydrogens is 184 g/mol. The Hall–Kier alpha value is -1.05. The molecule has 0 atom stereocenters. The molecule has 0 unspecified atom stereocenters. The number of aryl methyl sites for hydroxylation is 2. The maximum atomic E-state index is 4.67. The van der Waals surface area contributed by atoms with Gasteiger partial charge in [0, 0.05) is 12.2 Å². The largest absolute Gasteiger partial charge is 0.332 e. The smallest absolute Gasteiger partial charge is 0.106 e. The Bertz CT molecular complexity index is 350. The molecule has 1 aromatic rings. The van der Waals surface area contributed by atoms with Gasteiger partial charge in [-0.05, 0) is 45.4 Å². The highest BCUT2D eigenvalue weighted by atomic mass is 15.1. The Balaban J connectivity index is 2.14. The van der Waals surface area contributed by atoms with Gasteiger partial charge in [-0.3, -0.25) is 0 Å². The van der Waals surface area contributed by atoms with Crippen LogP contribution in [-0.4, -0.2) is 9.55 Å². The summed E-state index contributed by atoms with van der Waals surface area (Å²) in [6, 6.07) is 0. The molecule has 0 saturated heterocycles. The van der Waals surface area contributed by atoms with Crippen molar-refractivity contribution in [1.82, 2.24) is 9.55 Å². The zero-order chi connectivity index (χ0) is 10.7. The first-order valence-corrected chi connectivity index (χ1v) is 5.98. The highest BCUT2D eigenvalue weighted by Gasteiger charge is 2.17. The Kier molecular flexibility index (Phi) is 3.24. The average molecular weight is 204 g/mol. The van der Waals surface area contributed by atoms with Gasteiger partial charge < -0.3 is 4.57 Å². The van der Waals surface area contributed by atoms with Crippen LogP contribution in [0, 0.1) is 6.92 Å². The van der Waals surface area contributed by atoms with E-state index in [2.05, 4.69) is 23.1 Å². The topological polar surface area (TPSA) is 17.8 Å². The molecular formula is C13H20N2. The second-order valence-electron chi connectivity index (χ2n) is 4.34. The molecule has 1 aliphatic rings. The van der Waals surface area contributed by atoms with Crippen LogP contribution in [0.4, 0.5) is 0 Å².